The molecule has 1 atom stereocenters. The zero-order valence-electron chi connectivity index (χ0n) is 10.9. The van der Waals surface area contributed by atoms with Crippen LogP contribution in [-0.4, -0.2) is 26.5 Å². The standard InChI is InChI=1S/C12H15O6P/c1-8(12(13)19(14,15-2)16-3)9-4-5-10-11(6-9)18-7-17-10/h4-6,8H,7H2,1-3H3/t8-/m0/s1. The van der Waals surface area contributed by atoms with E-state index in [0.717, 1.165) is 0 Å². The molecule has 1 aromatic carbocycles. The van der Waals surface area contributed by atoms with Gasteiger partial charge in [-0.25, -0.2) is 0 Å². The number of fused-ring (bicyclic) bond motifs is 1. The molecule has 0 aromatic heterocycles. The highest BCUT2D eigenvalue weighted by atomic mass is 31.2. The van der Waals surface area contributed by atoms with Crippen molar-refractivity contribution < 1.29 is 27.9 Å². The summed E-state index contributed by atoms with van der Waals surface area (Å²) in [5.74, 6) is 0.576. The third-order valence-corrected chi connectivity index (χ3v) is 4.91. The van der Waals surface area contributed by atoms with Crippen molar-refractivity contribution >= 4 is 13.1 Å². The largest absolute Gasteiger partial charge is 0.454 e. The second-order valence-electron chi connectivity index (χ2n) is 4.04. The van der Waals surface area contributed by atoms with Crippen molar-refractivity contribution in [1.29, 1.82) is 0 Å². The Morgan fingerprint density at radius 2 is 1.89 bits per heavy atom. The van der Waals surface area contributed by atoms with Crippen molar-refractivity contribution in [2.24, 2.45) is 0 Å². The van der Waals surface area contributed by atoms with Gasteiger partial charge in [-0.3, -0.25) is 9.36 Å². The number of carbonyl (C=O) groups excluding carboxylic acids is 1. The van der Waals surface area contributed by atoms with Crippen LogP contribution in [-0.2, 0) is 18.4 Å². The molecule has 19 heavy (non-hydrogen) atoms. The van der Waals surface area contributed by atoms with Gasteiger partial charge in [-0.05, 0) is 17.7 Å². The van der Waals surface area contributed by atoms with E-state index in [1.54, 1.807) is 25.1 Å². The molecule has 2 rings (SSSR count). The minimum atomic E-state index is -3.72. The zero-order valence-corrected chi connectivity index (χ0v) is 11.8. The van der Waals surface area contributed by atoms with Crippen molar-refractivity contribution in [2.75, 3.05) is 21.0 Å². The summed E-state index contributed by atoms with van der Waals surface area (Å²) in [5.41, 5.74) is 0.0833. The maximum absolute atomic E-state index is 12.1. The summed E-state index contributed by atoms with van der Waals surface area (Å²) in [6.45, 7) is 1.81. The molecule has 1 aliphatic rings. The smallest absolute Gasteiger partial charge is 0.396 e. The fraction of sp³-hybridized carbons (Fsp3) is 0.417. The average Bonchev–Trinajstić information content (AvgIpc) is 2.92. The van der Waals surface area contributed by atoms with Gasteiger partial charge in [0.15, 0.2) is 11.5 Å². The van der Waals surface area contributed by atoms with E-state index in [1.807, 2.05) is 0 Å². The molecule has 0 fully saturated rings. The number of ether oxygens (including phenoxy) is 2. The molecular formula is C12H15O6P. The Morgan fingerprint density at radius 1 is 1.26 bits per heavy atom. The Bertz CT molecular complexity index is 533. The van der Waals surface area contributed by atoms with E-state index in [2.05, 4.69) is 0 Å². The second kappa shape index (κ2) is 5.33. The predicted molar refractivity (Wildman–Crippen MR) is 67.6 cm³/mol. The SMILES string of the molecule is COP(=O)(OC)C(=O)[C@@H](C)c1ccc2c(c1)OCO2. The number of hydrogen-bond acceptors (Lipinski definition) is 6. The van der Waals surface area contributed by atoms with E-state index in [1.165, 1.54) is 14.2 Å². The molecule has 104 valence electrons. The first-order valence-corrected chi connectivity index (χ1v) is 7.21. The maximum atomic E-state index is 12.1. The zero-order chi connectivity index (χ0) is 14.0. The monoisotopic (exact) mass is 286 g/mol. The van der Waals surface area contributed by atoms with Crippen LogP contribution in [0.3, 0.4) is 0 Å². The van der Waals surface area contributed by atoms with Gasteiger partial charge in [0.1, 0.15) is 0 Å². The van der Waals surface area contributed by atoms with Crippen molar-refractivity contribution in [3.05, 3.63) is 23.8 Å². The van der Waals surface area contributed by atoms with Crippen LogP contribution in [0.5, 0.6) is 11.5 Å². The number of rotatable bonds is 5. The summed E-state index contributed by atoms with van der Waals surface area (Å²) in [6, 6.07) is 5.14. The molecule has 1 aromatic rings. The van der Waals surface area contributed by atoms with Crippen LogP contribution in [0.1, 0.15) is 18.4 Å². The lowest BCUT2D eigenvalue weighted by Crippen LogP contribution is -2.12. The average molecular weight is 286 g/mol. The van der Waals surface area contributed by atoms with Crippen LogP contribution in [0.25, 0.3) is 0 Å². The summed E-state index contributed by atoms with van der Waals surface area (Å²) in [6.07, 6.45) is 0. The molecule has 0 bridgehead atoms. The summed E-state index contributed by atoms with van der Waals surface area (Å²) in [5, 5.41) is 0. The summed E-state index contributed by atoms with van der Waals surface area (Å²) >= 11 is 0. The Balaban J connectivity index is 2.27. The number of benzene rings is 1. The van der Waals surface area contributed by atoms with Crippen molar-refractivity contribution in [3.63, 3.8) is 0 Å². The van der Waals surface area contributed by atoms with E-state index in [4.69, 9.17) is 18.5 Å². The summed E-state index contributed by atoms with van der Waals surface area (Å²) < 4.78 is 31.9. The lowest BCUT2D eigenvalue weighted by atomic mass is 10.0. The van der Waals surface area contributed by atoms with E-state index < -0.39 is 19.0 Å². The normalized spacial score (nSPS) is 15.3. The molecule has 0 aliphatic carbocycles. The van der Waals surface area contributed by atoms with Gasteiger partial charge in [-0.1, -0.05) is 13.0 Å². The van der Waals surface area contributed by atoms with Gasteiger partial charge < -0.3 is 18.5 Å². The van der Waals surface area contributed by atoms with Gasteiger partial charge in [0.05, 0.1) is 5.92 Å². The van der Waals surface area contributed by atoms with Gasteiger partial charge in [0, 0.05) is 14.2 Å². The second-order valence-corrected chi connectivity index (χ2v) is 6.20. The van der Waals surface area contributed by atoms with E-state index in [-0.39, 0.29) is 6.79 Å². The highest BCUT2D eigenvalue weighted by Gasteiger charge is 2.37. The first kappa shape index (κ1) is 14.1. The molecule has 0 saturated carbocycles. The van der Waals surface area contributed by atoms with Gasteiger partial charge >= 0.3 is 7.60 Å². The summed E-state index contributed by atoms with van der Waals surface area (Å²) in [4.78, 5) is 12.1. The van der Waals surface area contributed by atoms with Crippen LogP contribution in [0.2, 0.25) is 0 Å². The lowest BCUT2D eigenvalue weighted by Gasteiger charge is -2.17. The van der Waals surface area contributed by atoms with Gasteiger partial charge in [0.2, 0.25) is 6.79 Å². The van der Waals surface area contributed by atoms with Crippen LogP contribution in [0.4, 0.5) is 0 Å². The van der Waals surface area contributed by atoms with Crippen molar-refractivity contribution in [1.82, 2.24) is 0 Å². The Morgan fingerprint density at radius 3 is 2.53 bits per heavy atom. The number of hydrogen-bond donors (Lipinski definition) is 0. The quantitative estimate of drug-likeness (QED) is 0.774. The van der Waals surface area contributed by atoms with Crippen LogP contribution >= 0.6 is 7.60 Å². The van der Waals surface area contributed by atoms with Crippen molar-refractivity contribution in [3.8, 4) is 11.5 Å². The van der Waals surface area contributed by atoms with Gasteiger partial charge in [-0.2, -0.15) is 0 Å². The Kier molecular flexibility index (Phi) is 3.94. The van der Waals surface area contributed by atoms with E-state index in [9.17, 15) is 9.36 Å². The minimum Gasteiger partial charge on any atom is -0.454 e. The molecule has 1 aliphatic heterocycles. The third-order valence-electron chi connectivity index (χ3n) is 3.02. The first-order valence-electron chi connectivity index (χ1n) is 5.67. The van der Waals surface area contributed by atoms with Crippen LogP contribution < -0.4 is 9.47 Å². The third kappa shape index (κ3) is 2.52. The predicted octanol–water partition coefficient (Wildman–Crippen LogP) is 2.53. The topological polar surface area (TPSA) is 71.1 Å². The van der Waals surface area contributed by atoms with E-state index in [0.29, 0.717) is 17.1 Å². The van der Waals surface area contributed by atoms with Gasteiger partial charge in [-0.15, -0.1) is 0 Å². The minimum absolute atomic E-state index is 0.162. The van der Waals surface area contributed by atoms with Gasteiger partial charge in [0.25, 0.3) is 5.52 Å². The molecule has 0 unspecified atom stereocenters. The number of carbonyl (C=O) groups is 1. The summed E-state index contributed by atoms with van der Waals surface area (Å²) in [7, 11) is -1.35. The van der Waals surface area contributed by atoms with E-state index >= 15 is 0 Å². The van der Waals surface area contributed by atoms with Crippen molar-refractivity contribution in [2.45, 2.75) is 12.8 Å². The lowest BCUT2D eigenvalue weighted by molar-refractivity contribution is -0.114. The highest BCUT2D eigenvalue weighted by molar-refractivity contribution is 7.72. The molecule has 0 amide bonds. The molecule has 1 heterocycles. The molecule has 0 N–H and O–H groups in total. The molecule has 0 radical (unpaired) electrons. The van der Waals surface area contributed by atoms with Crippen LogP contribution in [0.15, 0.2) is 18.2 Å². The molecular weight excluding hydrogens is 271 g/mol. The fourth-order valence-corrected chi connectivity index (χ4v) is 2.95. The first-order chi connectivity index (χ1) is 9.01. The van der Waals surface area contributed by atoms with Crippen LogP contribution in [0, 0.1) is 0 Å². The molecule has 7 heteroatoms. The molecule has 0 spiro atoms. The maximum Gasteiger partial charge on any atom is 0.396 e. The highest BCUT2D eigenvalue weighted by Crippen LogP contribution is 2.51. The fourth-order valence-electron chi connectivity index (χ4n) is 1.82. The Labute approximate surface area is 111 Å². The Hall–Kier alpha value is -1.36. The molecule has 0 saturated heterocycles. The molecule has 6 nitrogen and oxygen atoms in total.